The van der Waals surface area contributed by atoms with E-state index >= 15 is 0 Å². The molecule has 2 fully saturated rings. The number of amides is 5. The molecular formula is C21H21N5O4. The molecule has 2 saturated heterocycles. The van der Waals surface area contributed by atoms with E-state index in [2.05, 4.69) is 21.5 Å². The largest absolute Gasteiger partial charge is 0.329 e. The smallest absolute Gasteiger partial charge is 0.325 e. The van der Waals surface area contributed by atoms with E-state index in [4.69, 9.17) is 0 Å². The molecule has 2 unspecified atom stereocenters. The third-order valence-corrected chi connectivity index (χ3v) is 5.10. The highest BCUT2D eigenvalue weighted by molar-refractivity contribution is 6.18. The van der Waals surface area contributed by atoms with Crippen LogP contribution in [-0.2, 0) is 14.4 Å². The van der Waals surface area contributed by atoms with Crippen LogP contribution in [0, 0.1) is 0 Å². The Labute approximate surface area is 172 Å². The number of hydrogen-bond donors (Lipinski definition) is 4. The van der Waals surface area contributed by atoms with E-state index in [1.165, 1.54) is 0 Å². The van der Waals surface area contributed by atoms with Gasteiger partial charge < -0.3 is 10.6 Å². The number of hydrogen-bond acceptors (Lipinski definition) is 5. The van der Waals surface area contributed by atoms with Gasteiger partial charge in [-0.2, -0.15) is 0 Å². The quantitative estimate of drug-likeness (QED) is 0.614. The van der Waals surface area contributed by atoms with Crippen molar-refractivity contribution in [3.63, 3.8) is 0 Å². The third-order valence-electron chi connectivity index (χ3n) is 5.10. The van der Waals surface area contributed by atoms with Crippen LogP contribution in [-0.4, -0.2) is 29.8 Å². The van der Waals surface area contributed by atoms with Gasteiger partial charge in [-0.05, 0) is 30.2 Å². The van der Waals surface area contributed by atoms with Crippen molar-refractivity contribution in [2.75, 3.05) is 10.2 Å². The molecule has 9 heteroatoms. The summed E-state index contributed by atoms with van der Waals surface area (Å²) in [6, 6.07) is 14.0. The minimum absolute atomic E-state index is 0.0841. The zero-order valence-electron chi connectivity index (χ0n) is 16.1. The van der Waals surface area contributed by atoms with Crippen molar-refractivity contribution in [3.8, 4) is 0 Å². The molecule has 2 aliphatic heterocycles. The number of nitrogens with one attached hydrogen (secondary N) is 4. The first-order chi connectivity index (χ1) is 14.5. The summed E-state index contributed by atoms with van der Waals surface area (Å²) in [4.78, 5) is 50.3. The summed E-state index contributed by atoms with van der Waals surface area (Å²) in [6.07, 6.45) is 0.818. The van der Waals surface area contributed by atoms with Crippen LogP contribution >= 0.6 is 0 Å². The molecule has 0 radical (unpaired) electrons. The first kappa shape index (κ1) is 19.6. The lowest BCUT2D eigenvalue weighted by molar-refractivity contribution is -0.124. The van der Waals surface area contributed by atoms with Crippen molar-refractivity contribution in [2.45, 2.75) is 31.3 Å². The topological polar surface area (TPSA) is 120 Å². The number of imide groups is 1. The Morgan fingerprint density at radius 2 is 1.73 bits per heavy atom. The Morgan fingerprint density at radius 3 is 2.43 bits per heavy atom. The van der Waals surface area contributed by atoms with Crippen molar-refractivity contribution < 1.29 is 19.2 Å². The number of rotatable bonds is 4. The van der Waals surface area contributed by atoms with Crippen molar-refractivity contribution in [1.29, 1.82) is 0 Å². The second-order valence-corrected chi connectivity index (χ2v) is 7.13. The van der Waals surface area contributed by atoms with E-state index in [1.807, 2.05) is 12.1 Å². The fraction of sp³-hybridized carbons (Fsp3) is 0.238. The molecule has 0 saturated carbocycles. The van der Waals surface area contributed by atoms with Crippen LogP contribution in [0.15, 0.2) is 54.6 Å². The van der Waals surface area contributed by atoms with E-state index < -0.39 is 23.9 Å². The molecule has 9 nitrogen and oxygen atoms in total. The van der Waals surface area contributed by atoms with Gasteiger partial charge in [0, 0.05) is 12.1 Å². The Hall–Kier alpha value is -3.72. The summed E-state index contributed by atoms with van der Waals surface area (Å²) in [5.74, 6) is -1.01. The zero-order valence-corrected chi connectivity index (χ0v) is 16.1. The predicted molar refractivity (Wildman–Crippen MR) is 109 cm³/mol. The first-order valence-electron chi connectivity index (χ1n) is 9.65. The number of carbonyl (C=O) groups is 4. The molecule has 2 aromatic rings. The van der Waals surface area contributed by atoms with Gasteiger partial charge in [-0.1, -0.05) is 36.4 Å². The van der Waals surface area contributed by atoms with Crippen molar-refractivity contribution >= 4 is 35.1 Å². The summed E-state index contributed by atoms with van der Waals surface area (Å²) in [5, 5.41) is 5.41. The van der Waals surface area contributed by atoms with Crippen molar-refractivity contribution in [1.82, 2.24) is 16.2 Å². The zero-order chi connectivity index (χ0) is 21.1. The van der Waals surface area contributed by atoms with Crippen LogP contribution < -0.4 is 26.4 Å². The molecule has 2 aromatic carbocycles. The van der Waals surface area contributed by atoms with Crippen LogP contribution in [0.4, 0.5) is 16.2 Å². The summed E-state index contributed by atoms with van der Waals surface area (Å²) in [5.41, 5.74) is 7.36. The van der Waals surface area contributed by atoms with Crippen LogP contribution in [0.3, 0.4) is 0 Å². The fourth-order valence-corrected chi connectivity index (χ4v) is 3.59. The van der Waals surface area contributed by atoms with Crippen LogP contribution in [0.1, 0.15) is 30.9 Å². The third kappa shape index (κ3) is 4.01. The molecule has 2 heterocycles. The van der Waals surface area contributed by atoms with Gasteiger partial charge >= 0.3 is 6.03 Å². The van der Waals surface area contributed by atoms with E-state index in [1.54, 1.807) is 42.5 Å². The average molecular weight is 407 g/mol. The van der Waals surface area contributed by atoms with Gasteiger partial charge in [0.05, 0.1) is 18.2 Å². The highest BCUT2D eigenvalue weighted by atomic mass is 16.2. The molecule has 2 aliphatic rings. The van der Waals surface area contributed by atoms with E-state index in [0.717, 1.165) is 10.5 Å². The maximum absolute atomic E-state index is 12.8. The lowest BCUT2D eigenvalue weighted by Crippen LogP contribution is -2.58. The van der Waals surface area contributed by atoms with Gasteiger partial charge in [-0.25, -0.2) is 15.1 Å². The Kier molecular flexibility index (Phi) is 5.44. The number of nitrogens with zero attached hydrogens (tertiary/aromatic N) is 1. The second-order valence-electron chi connectivity index (χ2n) is 7.13. The highest BCUT2D eigenvalue weighted by Gasteiger charge is 2.36. The van der Waals surface area contributed by atoms with E-state index in [0.29, 0.717) is 24.2 Å². The molecule has 4 N–H and O–H groups in total. The highest BCUT2D eigenvalue weighted by Crippen LogP contribution is 2.28. The number of benzene rings is 2. The summed E-state index contributed by atoms with van der Waals surface area (Å²) in [6.45, 7) is 0. The van der Waals surface area contributed by atoms with Crippen molar-refractivity contribution in [2.24, 2.45) is 0 Å². The maximum atomic E-state index is 12.8. The molecule has 0 aromatic heterocycles. The number of carbonyl (C=O) groups excluding carboxylic acids is 4. The predicted octanol–water partition coefficient (Wildman–Crippen LogP) is 1.60. The SMILES string of the molecule is O=C1CCC(c2ccccc2NC(=O)C2CC(=O)N(c3ccccc3)C(=O)N2)NN1. The maximum Gasteiger partial charge on any atom is 0.329 e. The van der Waals surface area contributed by atoms with Gasteiger partial charge in [-0.15, -0.1) is 0 Å². The van der Waals surface area contributed by atoms with Crippen LogP contribution in [0.5, 0.6) is 0 Å². The van der Waals surface area contributed by atoms with Gasteiger partial charge in [0.15, 0.2) is 0 Å². The standard InChI is InChI=1S/C21H21N5O4/c27-18-11-10-16(24-25-18)14-8-4-5-9-15(14)22-20(29)17-12-19(28)26(21(30)23-17)13-6-2-1-3-7-13/h1-9,16-17,24H,10-12H2,(H,22,29)(H,23,30)(H,25,27). The van der Waals surface area contributed by atoms with Crippen LogP contribution in [0.2, 0.25) is 0 Å². The van der Waals surface area contributed by atoms with Crippen molar-refractivity contribution in [3.05, 3.63) is 60.2 Å². The van der Waals surface area contributed by atoms with E-state index in [9.17, 15) is 19.2 Å². The molecule has 2 atom stereocenters. The fourth-order valence-electron chi connectivity index (χ4n) is 3.59. The van der Waals surface area contributed by atoms with Crippen LogP contribution in [0.25, 0.3) is 0 Å². The molecule has 5 amide bonds. The molecule has 4 rings (SSSR count). The molecular weight excluding hydrogens is 386 g/mol. The summed E-state index contributed by atoms with van der Waals surface area (Å²) >= 11 is 0. The lowest BCUT2D eigenvalue weighted by Gasteiger charge is -2.31. The molecule has 0 spiro atoms. The second kappa shape index (κ2) is 8.34. The number of hydrazine groups is 1. The minimum Gasteiger partial charge on any atom is -0.325 e. The van der Waals surface area contributed by atoms with Gasteiger partial charge in [-0.3, -0.25) is 19.8 Å². The normalized spacial score (nSPS) is 21.6. The number of anilines is 2. The molecule has 30 heavy (non-hydrogen) atoms. The van der Waals surface area contributed by atoms with Gasteiger partial charge in [0.1, 0.15) is 6.04 Å². The van der Waals surface area contributed by atoms with Gasteiger partial charge in [0.2, 0.25) is 17.7 Å². The average Bonchev–Trinajstić information content (AvgIpc) is 2.75. The number of para-hydroxylation sites is 2. The Balaban J connectivity index is 1.46. The molecule has 0 aliphatic carbocycles. The summed E-state index contributed by atoms with van der Waals surface area (Å²) in [7, 11) is 0. The lowest BCUT2D eigenvalue weighted by atomic mass is 9.99. The monoisotopic (exact) mass is 407 g/mol. The molecule has 0 bridgehead atoms. The molecule has 154 valence electrons. The Bertz CT molecular complexity index is 966. The summed E-state index contributed by atoms with van der Waals surface area (Å²) < 4.78 is 0. The minimum atomic E-state index is -0.975. The first-order valence-corrected chi connectivity index (χ1v) is 9.65. The number of urea groups is 1. The van der Waals surface area contributed by atoms with Gasteiger partial charge in [0.25, 0.3) is 0 Å². The van der Waals surface area contributed by atoms with E-state index in [-0.39, 0.29) is 18.4 Å². The Morgan fingerprint density at radius 1 is 1.00 bits per heavy atom.